The molecule has 0 amide bonds. The van der Waals surface area contributed by atoms with Crippen molar-refractivity contribution in [2.75, 3.05) is 19.8 Å². The van der Waals surface area contributed by atoms with Gasteiger partial charge in [-0.3, -0.25) is 4.98 Å². The lowest BCUT2D eigenvalue weighted by Crippen LogP contribution is -2.22. The minimum atomic E-state index is 0.0312. The Labute approximate surface area is 113 Å². The maximum absolute atomic E-state index is 8.69. The molecule has 106 valence electrons. The van der Waals surface area contributed by atoms with Gasteiger partial charge >= 0.3 is 0 Å². The number of nitrogens with two attached hydrogens (primary N) is 1. The summed E-state index contributed by atoms with van der Waals surface area (Å²) in [5.41, 5.74) is 6.99. The first-order chi connectivity index (χ1) is 9.29. The number of ether oxygens (including phenoxy) is 1. The van der Waals surface area contributed by atoms with Crippen LogP contribution in [-0.4, -0.2) is 35.8 Å². The maximum atomic E-state index is 8.69. The van der Waals surface area contributed by atoms with Crippen molar-refractivity contribution < 1.29 is 9.94 Å². The number of nitrogens with zero attached hydrogens (tertiary/aromatic N) is 2. The molecular weight excluding hydrogens is 244 g/mol. The normalized spacial score (nSPS) is 11.7. The van der Waals surface area contributed by atoms with E-state index in [9.17, 15) is 0 Å². The highest BCUT2D eigenvalue weighted by Gasteiger charge is 2.07. The molecule has 1 heterocycles. The monoisotopic (exact) mass is 266 g/mol. The van der Waals surface area contributed by atoms with Crippen LogP contribution in [0.5, 0.6) is 0 Å². The lowest BCUT2D eigenvalue weighted by atomic mass is 10.2. The number of oxime groups is 1. The Morgan fingerprint density at radius 2 is 2.37 bits per heavy atom. The lowest BCUT2D eigenvalue weighted by molar-refractivity contribution is 0.132. The maximum Gasteiger partial charge on any atom is 0.189 e. The zero-order valence-corrected chi connectivity index (χ0v) is 11.3. The molecule has 1 rings (SSSR count). The van der Waals surface area contributed by atoms with Crippen molar-refractivity contribution in [1.82, 2.24) is 10.3 Å². The molecular formula is C13H22N4O2. The van der Waals surface area contributed by atoms with Crippen LogP contribution in [0.3, 0.4) is 0 Å². The second-order valence-corrected chi connectivity index (χ2v) is 4.14. The number of aromatic nitrogens is 1. The molecule has 0 fully saturated rings. The molecule has 19 heavy (non-hydrogen) atoms. The molecule has 0 aromatic carbocycles. The van der Waals surface area contributed by atoms with Crippen LogP contribution in [-0.2, 0) is 11.3 Å². The topological polar surface area (TPSA) is 92.8 Å². The summed E-state index contributed by atoms with van der Waals surface area (Å²) in [5, 5.41) is 15.0. The average molecular weight is 266 g/mol. The molecule has 0 atom stereocenters. The Morgan fingerprint density at radius 3 is 3.11 bits per heavy atom. The van der Waals surface area contributed by atoms with Gasteiger partial charge in [-0.05, 0) is 31.0 Å². The molecule has 0 bridgehead atoms. The predicted molar refractivity (Wildman–Crippen MR) is 74.2 cm³/mol. The summed E-state index contributed by atoms with van der Waals surface area (Å²) < 4.78 is 5.39. The van der Waals surface area contributed by atoms with Gasteiger partial charge in [0.15, 0.2) is 5.84 Å². The van der Waals surface area contributed by atoms with Crippen molar-refractivity contribution in [3.8, 4) is 0 Å². The highest BCUT2D eigenvalue weighted by atomic mass is 16.5. The summed E-state index contributed by atoms with van der Waals surface area (Å²) in [4.78, 5) is 4.11. The second kappa shape index (κ2) is 9.29. The number of pyridine rings is 1. The fraction of sp³-hybridized carbons (Fsp3) is 0.538. The minimum Gasteiger partial charge on any atom is -0.409 e. The average Bonchev–Trinajstić information content (AvgIpc) is 2.46. The van der Waals surface area contributed by atoms with Gasteiger partial charge < -0.3 is 21.0 Å². The van der Waals surface area contributed by atoms with E-state index < -0.39 is 0 Å². The number of amidine groups is 1. The Balaban J connectivity index is 2.33. The van der Waals surface area contributed by atoms with Crippen LogP contribution < -0.4 is 11.1 Å². The van der Waals surface area contributed by atoms with Crippen LogP contribution >= 0.6 is 0 Å². The number of hydrogen-bond acceptors (Lipinski definition) is 5. The highest BCUT2D eigenvalue weighted by molar-refractivity contribution is 5.96. The summed E-state index contributed by atoms with van der Waals surface area (Å²) in [6.45, 7) is 5.16. The van der Waals surface area contributed by atoms with E-state index in [1.807, 2.05) is 12.1 Å². The summed E-state index contributed by atoms with van der Waals surface area (Å²) in [5.74, 6) is 0.0312. The van der Waals surface area contributed by atoms with Crippen molar-refractivity contribution in [3.63, 3.8) is 0 Å². The third kappa shape index (κ3) is 5.67. The third-order valence-corrected chi connectivity index (χ3v) is 2.55. The molecule has 0 saturated carbocycles. The number of rotatable bonds is 9. The van der Waals surface area contributed by atoms with Crippen molar-refractivity contribution in [2.45, 2.75) is 26.3 Å². The molecule has 0 saturated heterocycles. The SMILES string of the molecule is CCCOCCCNCc1cccnc1/C(N)=N/O. The summed E-state index contributed by atoms with van der Waals surface area (Å²) >= 11 is 0. The van der Waals surface area contributed by atoms with Gasteiger partial charge in [-0.15, -0.1) is 0 Å². The zero-order chi connectivity index (χ0) is 13.9. The first kappa shape index (κ1) is 15.4. The molecule has 1 aromatic rings. The van der Waals surface area contributed by atoms with Gasteiger partial charge in [0.25, 0.3) is 0 Å². The molecule has 6 heteroatoms. The molecule has 4 N–H and O–H groups in total. The molecule has 0 unspecified atom stereocenters. The largest absolute Gasteiger partial charge is 0.409 e. The smallest absolute Gasteiger partial charge is 0.189 e. The van der Waals surface area contributed by atoms with Gasteiger partial charge in [0, 0.05) is 26.0 Å². The van der Waals surface area contributed by atoms with Crippen molar-refractivity contribution in [1.29, 1.82) is 0 Å². The fourth-order valence-electron chi connectivity index (χ4n) is 1.63. The Morgan fingerprint density at radius 1 is 1.53 bits per heavy atom. The second-order valence-electron chi connectivity index (χ2n) is 4.14. The highest BCUT2D eigenvalue weighted by Crippen LogP contribution is 2.04. The number of hydrogen-bond donors (Lipinski definition) is 3. The molecule has 6 nitrogen and oxygen atoms in total. The van der Waals surface area contributed by atoms with E-state index in [1.54, 1.807) is 6.20 Å². The molecule has 0 spiro atoms. The van der Waals surface area contributed by atoms with Crippen LogP contribution in [0.2, 0.25) is 0 Å². The molecule has 1 aromatic heterocycles. The van der Waals surface area contributed by atoms with Gasteiger partial charge in [-0.1, -0.05) is 18.1 Å². The van der Waals surface area contributed by atoms with Gasteiger partial charge in [-0.25, -0.2) is 0 Å². The summed E-state index contributed by atoms with van der Waals surface area (Å²) in [7, 11) is 0. The summed E-state index contributed by atoms with van der Waals surface area (Å²) in [6, 6.07) is 3.73. The lowest BCUT2D eigenvalue weighted by Gasteiger charge is -2.08. The van der Waals surface area contributed by atoms with E-state index in [2.05, 4.69) is 22.4 Å². The van der Waals surface area contributed by atoms with Crippen molar-refractivity contribution >= 4 is 5.84 Å². The van der Waals surface area contributed by atoms with Gasteiger partial charge in [0.1, 0.15) is 5.69 Å². The fourth-order valence-corrected chi connectivity index (χ4v) is 1.63. The van der Waals surface area contributed by atoms with Gasteiger partial charge in [0.2, 0.25) is 0 Å². The first-order valence-corrected chi connectivity index (χ1v) is 6.49. The molecule has 0 aliphatic heterocycles. The molecule has 0 aliphatic carbocycles. The number of nitrogens with one attached hydrogen (secondary N) is 1. The van der Waals surface area contributed by atoms with Crippen LogP contribution in [0.4, 0.5) is 0 Å². The van der Waals surface area contributed by atoms with Crippen LogP contribution in [0.1, 0.15) is 31.0 Å². The predicted octanol–water partition coefficient (Wildman–Crippen LogP) is 1.08. The van der Waals surface area contributed by atoms with E-state index in [1.165, 1.54) is 0 Å². The van der Waals surface area contributed by atoms with E-state index in [0.717, 1.165) is 38.2 Å². The van der Waals surface area contributed by atoms with Crippen molar-refractivity contribution in [2.24, 2.45) is 10.9 Å². The van der Waals surface area contributed by atoms with E-state index in [4.69, 9.17) is 15.7 Å². The summed E-state index contributed by atoms with van der Waals surface area (Å²) in [6.07, 6.45) is 3.63. The standard InChI is InChI=1S/C13H22N4O2/c1-2-8-19-9-4-6-15-10-11-5-3-7-16-12(11)13(14)17-18/h3,5,7,15,18H,2,4,6,8-10H2,1H3,(H2,14,17). The minimum absolute atomic E-state index is 0.0312. The van der Waals surface area contributed by atoms with Crippen LogP contribution in [0.15, 0.2) is 23.5 Å². The van der Waals surface area contributed by atoms with Crippen LogP contribution in [0.25, 0.3) is 0 Å². The Hall–Kier alpha value is -1.66. The van der Waals surface area contributed by atoms with Gasteiger partial charge in [0.05, 0.1) is 0 Å². The van der Waals surface area contributed by atoms with E-state index >= 15 is 0 Å². The van der Waals surface area contributed by atoms with Crippen LogP contribution in [0, 0.1) is 0 Å². The molecule has 0 aliphatic rings. The van der Waals surface area contributed by atoms with Crippen molar-refractivity contribution in [3.05, 3.63) is 29.6 Å². The first-order valence-electron chi connectivity index (χ1n) is 6.49. The quantitative estimate of drug-likeness (QED) is 0.204. The zero-order valence-electron chi connectivity index (χ0n) is 11.3. The van der Waals surface area contributed by atoms with Gasteiger partial charge in [-0.2, -0.15) is 0 Å². The molecule has 0 radical (unpaired) electrons. The van der Waals surface area contributed by atoms with E-state index in [0.29, 0.717) is 12.2 Å². The third-order valence-electron chi connectivity index (χ3n) is 2.55. The Kier molecular flexibility index (Phi) is 7.53. The van der Waals surface area contributed by atoms with E-state index in [-0.39, 0.29) is 5.84 Å². The Bertz CT molecular complexity index is 396.